The molecule has 0 aliphatic carbocycles. The Bertz CT molecular complexity index is 1600. The number of rotatable bonds is 5. The molecule has 4 heterocycles. The number of aromatic amines is 1. The van der Waals surface area contributed by atoms with Gasteiger partial charge in [0.15, 0.2) is 5.65 Å². The van der Waals surface area contributed by atoms with Gasteiger partial charge in [0.05, 0.1) is 10.7 Å². The van der Waals surface area contributed by atoms with Crippen LogP contribution in [0.25, 0.3) is 39.3 Å². The lowest BCUT2D eigenvalue weighted by atomic mass is 10.0. The summed E-state index contributed by atoms with van der Waals surface area (Å²) in [5, 5.41) is 23.2. The Kier molecular flexibility index (Phi) is 4.65. The Balaban J connectivity index is 1.35. The molecule has 0 aliphatic rings. The van der Waals surface area contributed by atoms with Gasteiger partial charge in [-0.15, -0.1) is 10.2 Å². The molecule has 10 heteroatoms. The zero-order valence-electron chi connectivity index (χ0n) is 17.5. The van der Waals surface area contributed by atoms with Crippen molar-refractivity contribution in [3.8, 4) is 22.7 Å². The van der Waals surface area contributed by atoms with Gasteiger partial charge in [-0.05, 0) is 45.8 Å². The molecule has 0 bridgehead atoms. The highest BCUT2D eigenvalue weighted by Gasteiger charge is 2.19. The number of furan rings is 1. The summed E-state index contributed by atoms with van der Waals surface area (Å²) in [6.07, 6.45) is 1.75. The molecule has 0 aliphatic heterocycles. The molecule has 0 amide bonds. The van der Waals surface area contributed by atoms with Crippen LogP contribution in [0.15, 0.2) is 69.7 Å². The maximum absolute atomic E-state index is 6.23. The standard InChI is InChI=1S/C23H17BrN8O/c1-13-10-20(32-19(27-13)8-9-26-32)25-12-14-6-7-18-17(11-14)21(24)22(33-18)15-4-2-3-5-16(15)23-28-30-31-29-23/h2-11,25H,12H2,1H3,(H,28,29,30,31). The number of fused-ring (bicyclic) bond motifs is 2. The van der Waals surface area contributed by atoms with Gasteiger partial charge in [0, 0.05) is 40.9 Å². The van der Waals surface area contributed by atoms with E-state index in [0.717, 1.165) is 55.1 Å². The van der Waals surface area contributed by atoms with Gasteiger partial charge in [0.1, 0.15) is 17.2 Å². The molecule has 0 atom stereocenters. The number of benzene rings is 2. The molecule has 6 aromatic rings. The van der Waals surface area contributed by atoms with Crippen LogP contribution in [0.4, 0.5) is 5.82 Å². The van der Waals surface area contributed by atoms with Gasteiger partial charge < -0.3 is 9.73 Å². The third-order valence-electron chi connectivity index (χ3n) is 5.41. The van der Waals surface area contributed by atoms with Crippen molar-refractivity contribution in [1.82, 2.24) is 35.2 Å². The molecule has 0 radical (unpaired) electrons. The Morgan fingerprint density at radius 1 is 1.09 bits per heavy atom. The van der Waals surface area contributed by atoms with E-state index in [4.69, 9.17) is 4.42 Å². The van der Waals surface area contributed by atoms with Crippen molar-refractivity contribution >= 4 is 38.4 Å². The van der Waals surface area contributed by atoms with Gasteiger partial charge in [0.25, 0.3) is 0 Å². The summed E-state index contributed by atoms with van der Waals surface area (Å²) >= 11 is 3.75. The molecule has 0 saturated carbocycles. The van der Waals surface area contributed by atoms with Crippen molar-refractivity contribution in [2.75, 3.05) is 5.32 Å². The lowest BCUT2D eigenvalue weighted by Crippen LogP contribution is -2.06. The molecule has 2 N–H and O–H groups in total. The molecule has 0 saturated heterocycles. The second-order valence-electron chi connectivity index (χ2n) is 7.59. The largest absolute Gasteiger partial charge is 0.455 e. The average molecular weight is 501 g/mol. The first kappa shape index (κ1) is 19.6. The second-order valence-corrected chi connectivity index (χ2v) is 8.39. The third-order valence-corrected chi connectivity index (χ3v) is 6.20. The Morgan fingerprint density at radius 2 is 1.97 bits per heavy atom. The summed E-state index contributed by atoms with van der Waals surface area (Å²) in [4.78, 5) is 4.49. The Morgan fingerprint density at radius 3 is 2.82 bits per heavy atom. The number of hydrogen-bond donors (Lipinski definition) is 2. The first-order valence-corrected chi connectivity index (χ1v) is 11.1. The van der Waals surface area contributed by atoms with E-state index in [1.54, 1.807) is 10.7 Å². The lowest BCUT2D eigenvalue weighted by Gasteiger charge is -2.09. The van der Waals surface area contributed by atoms with Crippen molar-refractivity contribution < 1.29 is 4.42 Å². The number of nitrogens with one attached hydrogen (secondary N) is 2. The van der Waals surface area contributed by atoms with Crippen LogP contribution in [0, 0.1) is 6.92 Å². The number of H-pyrrole nitrogens is 1. The average Bonchev–Trinajstić information content (AvgIpc) is 3.58. The van der Waals surface area contributed by atoms with E-state index >= 15 is 0 Å². The van der Waals surface area contributed by atoms with Gasteiger partial charge in [-0.3, -0.25) is 0 Å². The Hall–Kier alpha value is -4.05. The summed E-state index contributed by atoms with van der Waals surface area (Å²) in [7, 11) is 0. The summed E-state index contributed by atoms with van der Waals surface area (Å²) in [6.45, 7) is 2.60. The topological polar surface area (TPSA) is 110 Å². The third kappa shape index (κ3) is 3.44. The van der Waals surface area contributed by atoms with Crippen molar-refractivity contribution in [2.45, 2.75) is 13.5 Å². The molecule has 4 aromatic heterocycles. The van der Waals surface area contributed by atoms with E-state index in [9.17, 15) is 0 Å². The number of hydrogen-bond acceptors (Lipinski definition) is 7. The number of tetrazole rings is 1. The van der Waals surface area contributed by atoms with E-state index in [1.165, 1.54) is 0 Å². The van der Waals surface area contributed by atoms with Crippen molar-refractivity contribution in [3.05, 3.63) is 76.5 Å². The fourth-order valence-corrected chi connectivity index (χ4v) is 4.51. The van der Waals surface area contributed by atoms with Crippen LogP contribution < -0.4 is 5.32 Å². The monoisotopic (exact) mass is 500 g/mol. The van der Waals surface area contributed by atoms with Crippen LogP contribution in [-0.2, 0) is 6.54 Å². The molecule has 162 valence electrons. The Labute approximate surface area is 196 Å². The maximum atomic E-state index is 6.23. The van der Waals surface area contributed by atoms with E-state index in [-0.39, 0.29) is 0 Å². The number of aryl methyl sites for hydroxylation is 1. The molecule has 33 heavy (non-hydrogen) atoms. The van der Waals surface area contributed by atoms with Crippen LogP contribution in [-0.4, -0.2) is 35.2 Å². The fourth-order valence-electron chi connectivity index (χ4n) is 3.91. The minimum absolute atomic E-state index is 0.514. The van der Waals surface area contributed by atoms with Crippen molar-refractivity contribution in [1.29, 1.82) is 0 Å². The zero-order valence-corrected chi connectivity index (χ0v) is 19.0. The van der Waals surface area contributed by atoms with E-state index in [2.05, 4.69) is 64.1 Å². The minimum atomic E-state index is 0.514. The highest BCUT2D eigenvalue weighted by Crippen LogP contribution is 2.41. The van der Waals surface area contributed by atoms with E-state index < -0.39 is 0 Å². The highest BCUT2D eigenvalue weighted by atomic mass is 79.9. The van der Waals surface area contributed by atoms with E-state index in [0.29, 0.717) is 12.4 Å². The van der Waals surface area contributed by atoms with Gasteiger partial charge in [-0.1, -0.05) is 30.3 Å². The van der Waals surface area contributed by atoms with Gasteiger partial charge in [0.2, 0.25) is 5.82 Å². The predicted octanol–water partition coefficient (Wildman–Crippen LogP) is 5.01. The van der Waals surface area contributed by atoms with Crippen LogP contribution in [0.3, 0.4) is 0 Å². The number of halogens is 1. The molecule has 0 unspecified atom stereocenters. The minimum Gasteiger partial charge on any atom is -0.455 e. The number of nitrogens with zero attached hydrogens (tertiary/aromatic N) is 6. The van der Waals surface area contributed by atoms with Crippen LogP contribution in [0.5, 0.6) is 0 Å². The lowest BCUT2D eigenvalue weighted by molar-refractivity contribution is 0.630. The van der Waals surface area contributed by atoms with Gasteiger partial charge >= 0.3 is 0 Å². The summed E-state index contributed by atoms with van der Waals surface area (Å²) in [5.74, 6) is 2.13. The molecule has 6 rings (SSSR count). The van der Waals surface area contributed by atoms with Gasteiger partial charge in [-0.25, -0.2) is 4.98 Å². The molecule has 0 spiro atoms. The first-order valence-electron chi connectivity index (χ1n) is 10.3. The van der Waals surface area contributed by atoms with Crippen molar-refractivity contribution in [3.63, 3.8) is 0 Å². The second kappa shape index (κ2) is 7.82. The molecule has 2 aromatic carbocycles. The predicted molar refractivity (Wildman–Crippen MR) is 128 cm³/mol. The van der Waals surface area contributed by atoms with E-state index in [1.807, 2.05) is 49.4 Å². The zero-order chi connectivity index (χ0) is 22.4. The van der Waals surface area contributed by atoms with Crippen molar-refractivity contribution in [2.24, 2.45) is 0 Å². The fraction of sp³-hybridized carbons (Fsp3) is 0.0870. The summed E-state index contributed by atoms with van der Waals surface area (Å²) in [5.41, 5.74) is 5.37. The quantitative estimate of drug-likeness (QED) is 0.342. The molecular weight excluding hydrogens is 484 g/mol. The van der Waals surface area contributed by atoms with Crippen LogP contribution in [0.2, 0.25) is 0 Å². The molecule has 0 fully saturated rings. The van der Waals surface area contributed by atoms with Crippen LogP contribution in [0.1, 0.15) is 11.3 Å². The normalized spacial score (nSPS) is 11.5. The summed E-state index contributed by atoms with van der Waals surface area (Å²) < 4.78 is 8.91. The first-order chi connectivity index (χ1) is 16.2. The molecule has 9 nitrogen and oxygen atoms in total. The number of anilines is 1. The smallest absolute Gasteiger partial charge is 0.205 e. The van der Waals surface area contributed by atoms with Gasteiger partial charge in [-0.2, -0.15) is 14.8 Å². The molecular formula is C23H17BrN8O. The highest BCUT2D eigenvalue weighted by molar-refractivity contribution is 9.10. The van der Waals surface area contributed by atoms with Crippen LogP contribution >= 0.6 is 15.9 Å². The number of aromatic nitrogens is 7. The maximum Gasteiger partial charge on any atom is 0.205 e. The summed E-state index contributed by atoms with van der Waals surface area (Å²) in [6, 6.07) is 17.9. The SMILES string of the molecule is Cc1cc(NCc2ccc3oc(-c4ccccc4-c4nn[nH]n4)c(Br)c3c2)n2nccc2n1.